The fourth-order valence-electron chi connectivity index (χ4n) is 3.87. The van der Waals surface area contributed by atoms with E-state index < -0.39 is 0 Å². The molecule has 1 aromatic carbocycles. The molecule has 1 heterocycles. The largest absolute Gasteiger partial charge is 0.493 e. The van der Waals surface area contributed by atoms with Crippen LogP contribution < -0.4 is 4.74 Å². The highest BCUT2D eigenvalue weighted by molar-refractivity contribution is 5.93. The zero-order valence-electron chi connectivity index (χ0n) is 15.7. The Morgan fingerprint density at radius 3 is 2.88 bits per heavy atom. The molecular formula is C21H26O4. The van der Waals surface area contributed by atoms with Crippen molar-refractivity contribution in [2.45, 2.75) is 59.5 Å². The molecule has 0 bridgehead atoms. The normalized spacial score (nSPS) is 17.5. The number of ether oxygens (including phenoxy) is 2. The van der Waals surface area contributed by atoms with Gasteiger partial charge in [-0.2, -0.15) is 0 Å². The van der Waals surface area contributed by atoms with Gasteiger partial charge < -0.3 is 13.9 Å². The number of fused-ring (bicyclic) bond motifs is 2. The molecule has 1 aliphatic carbocycles. The summed E-state index contributed by atoms with van der Waals surface area (Å²) in [4.78, 5) is 12.1. The molecule has 0 N–H and O–H groups in total. The van der Waals surface area contributed by atoms with E-state index in [0.717, 1.165) is 47.1 Å². The van der Waals surface area contributed by atoms with Crippen molar-refractivity contribution in [2.75, 3.05) is 7.11 Å². The molecule has 1 aliphatic rings. The van der Waals surface area contributed by atoms with Crippen LogP contribution >= 0.6 is 0 Å². The van der Waals surface area contributed by atoms with E-state index in [1.54, 1.807) is 26.4 Å². The summed E-state index contributed by atoms with van der Waals surface area (Å²) in [6.45, 7) is 8.13. The van der Waals surface area contributed by atoms with Crippen molar-refractivity contribution in [1.29, 1.82) is 0 Å². The second kappa shape index (κ2) is 6.95. The second-order valence-corrected chi connectivity index (χ2v) is 6.87. The van der Waals surface area contributed by atoms with Crippen molar-refractivity contribution in [1.82, 2.24) is 0 Å². The van der Waals surface area contributed by atoms with Crippen LogP contribution in [0.25, 0.3) is 11.0 Å². The van der Waals surface area contributed by atoms with Crippen LogP contribution in [-0.4, -0.2) is 13.1 Å². The van der Waals surface area contributed by atoms with Gasteiger partial charge in [0.15, 0.2) is 11.3 Å². The first kappa shape index (κ1) is 17.6. The van der Waals surface area contributed by atoms with Gasteiger partial charge in [-0.25, -0.2) is 4.79 Å². The molecule has 1 aromatic heterocycles. The lowest BCUT2D eigenvalue weighted by atomic mass is 9.79. The Labute approximate surface area is 148 Å². The van der Waals surface area contributed by atoms with E-state index in [1.807, 2.05) is 13.8 Å². The quantitative estimate of drug-likeness (QED) is 0.566. The van der Waals surface area contributed by atoms with Crippen LogP contribution in [0, 0.1) is 6.92 Å². The first-order valence-corrected chi connectivity index (χ1v) is 8.89. The molecule has 0 spiro atoms. The maximum Gasteiger partial charge on any atom is 0.333 e. The summed E-state index contributed by atoms with van der Waals surface area (Å²) in [5.74, 6) is 0.974. The number of esters is 1. The van der Waals surface area contributed by atoms with Gasteiger partial charge in [0.1, 0.15) is 6.61 Å². The molecule has 0 amide bonds. The number of carbonyl (C=O) groups excluding carboxylic acids is 1. The van der Waals surface area contributed by atoms with Crippen molar-refractivity contribution >= 4 is 16.9 Å². The standard InChI is InChI=1S/C21H26O4/c1-6-12(2)21(22)25-11-16-17-13(3)8-7-9-15(17)19(23-5)20-18(16)14(4)10-24-20/h6,10,13H,7-9,11H2,1-5H3. The molecule has 1 atom stereocenters. The van der Waals surface area contributed by atoms with Crippen LogP contribution in [0.1, 0.15) is 61.8 Å². The number of hydrogen-bond donors (Lipinski definition) is 0. The Balaban J connectivity index is 2.17. The third kappa shape index (κ3) is 2.94. The fourth-order valence-corrected chi connectivity index (χ4v) is 3.87. The van der Waals surface area contributed by atoms with E-state index >= 15 is 0 Å². The number of furan rings is 1. The summed E-state index contributed by atoms with van der Waals surface area (Å²) in [6, 6.07) is 0. The summed E-state index contributed by atoms with van der Waals surface area (Å²) in [5, 5.41) is 1.02. The maximum absolute atomic E-state index is 12.1. The minimum Gasteiger partial charge on any atom is -0.493 e. The first-order valence-electron chi connectivity index (χ1n) is 8.89. The molecule has 0 saturated carbocycles. The highest BCUT2D eigenvalue weighted by atomic mass is 16.5. The van der Waals surface area contributed by atoms with Gasteiger partial charge in [-0.05, 0) is 57.1 Å². The number of rotatable bonds is 4. The van der Waals surface area contributed by atoms with Crippen molar-refractivity contribution in [2.24, 2.45) is 0 Å². The molecular weight excluding hydrogens is 316 g/mol. The molecule has 25 heavy (non-hydrogen) atoms. The molecule has 134 valence electrons. The van der Waals surface area contributed by atoms with Crippen molar-refractivity contribution < 1.29 is 18.7 Å². The molecule has 0 radical (unpaired) electrons. The van der Waals surface area contributed by atoms with E-state index in [1.165, 1.54) is 11.1 Å². The molecule has 4 heteroatoms. The number of hydrogen-bond acceptors (Lipinski definition) is 4. The van der Waals surface area contributed by atoms with Gasteiger partial charge in [-0.15, -0.1) is 0 Å². The van der Waals surface area contributed by atoms with E-state index in [2.05, 4.69) is 6.92 Å². The smallest absolute Gasteiger partial charge is 0.333 e. The molecule has 4 nitrogen and oxygen atoms in total. The Bertz CT molecular complexity index is 841. The highest BCUT2D eigenvalue weighted by Crippen LogP contribution is 2.46. The van der Waals surface area contributed by atoms with Gasteiger partial charge in [0, 0.05) is 22.1 Å². The van der Waals surface area contributed by atoms with Crippen LogP contribution in [0.3, 0.4) is 0 Å². The molecule has 2 aromatic rings. The van der Waals surface area contributed by atoms with Crippen molar-refractivity contribution in [3.8, 4) is 5.75 Å². The number of methoxy groups -OCH3 is 1. The third-order valence-corrected chi connectivity index (χ3v) is 5.27. The summed E-state index contributed by atoms with van der Waals surface area (Å²) in [6.07, 6.45) is 6.76. The molecule has 1 unspecified atom stereocenters. The number of allylic oxidation sites excluding steroid dienone is 1. The Hall–Kier alpha value is -2.23. The van der Waals surface area contributed by atoms with Crippen molar-refractivity contribution in [3.05, 3.63) is 40.2 Å². The zero-order valence-corrected chi connectivity index (χ0v) is 15.7. The van der Waals surface area contributed by atoms with Crippen LogP contribution in [0.15, 0.2) is 22.3 Å². The Kier molecular flexibility index (Phi) is 4.89. The lowest BCUT2D eigenvalue weighted by Gasteiger charge is -2.28. The fraction of sp³-hybridized carbons (Fsp3) is 0.476. The molecule has 0 saturated heterocycles. The zero-order chi connectivity index (χ0) is 18.1. The van der Waals surface area contributed by atoms with E-state index in [0.29, 0.717) is 11.5 Å². The Morgan fingerprint density at radius 2 is 2.20 bits per heavy atom. The van der Waals surface area contributed by atoms with Gasteiger partial charge in [0.25, 0.3) is 0 Å². The lowest BCUT2D eigenvalue weighted by Crippen LogP contribution is -2.15. The van der Waals surface area contributed by atoms with E-state index in [9.17, 15) is 4.79 Å². The molecule has 0 aliphatic heterocycles. The predicted molar refractivity (Wildman–Crippen MR) is 98.1 cm³/mol. The SMILES string of the molecule is CC=C(C)C(=O)OCc1c2c(c(OC)c3occ(C)c13)CCCC2C. The lowest BCUT2D eigenvalue weighted by molar-refractivity contribution is -0.140. The third-order valence-electron chi connectivity index (χ3n) is 5.27. The minimum absolute atomic E-state index is 0.261. The monoisotopic (exact) mass is 342 g/mol. The van der Waals surface area contributed by atoms with Gasteiger partial charge in [0.2, 0.25) is 0 Å². The minimum atomic E-state index is -0.273. The van der Waals surface area contributed by atoms with E-state index in [-0.39, 0.29) is 12.6 Å². The maximum atomic E-state index is 12.1. The molecule has 0 fully saturated rings. The summed E-state index contributed by atoms with van der Waals surface area (Å²) >= 11 is 0. The predicted octanol–water partition coefficient (Wildman–Crippen LogP) is 5.20. The number of benzene rings is 1. The Morgan fingerprint density at radius 1 is 1.44 bits per heavy atom. The van der Waals surface area contributed by atoms with Gasteiger partial charge in [-0.1, -0.05) is 13.0 Å². The number of aryl methyl sites for hydroxylation is 1. The van der Waals surface area contributed by atoms with Crippen molar-refractivity contribution in [3.63, 3.8) is 0 Å². The van der Waals surface area contributed by atoms with Crippen LogP contribution in [-0.2, 0) is 22.6 Å². The van der Waals surface area contributed by atoms with Crippen LogP contribution in [0.2, 0.25) is 0 Å². The van der Waals surface area contributed by atoms with Gasteiger partial charge in [0.05, 0.1) is 13.4 Å². The first-order chi connectivity index (χ1) is 12.0. The van der Waals surface area contributed by atoms with Crippen LogP contribution in [0.5, 0.6) is 5.75 Å². The summed E-state index contributed by atoms with van der Waals surface area (Å²) < 4.78 is 17.1. The molecule has 3 rings (SSSR count). The average molecular weight is 342 g/mol. The summed E-state index contributed by atoms with van der Waals surface area (Å²) in [7, 11) is 1.70. The highest BCUT2D eigenvalue weighted by Gasteiger charge is 2.29. The second-order valence-electron chi connectivity index (χ2n) is 6.87. The summed E-state index contributed by atoms with van der Waals surface area (Å²) in [5.41, 5.74) is 5.98. The number of carbonyl (C=O) groups is 1. The van der Waals surface area contributed by atoms with Gasteiger partial charge in [-0.3, -0.25) is 0 Å². The van der Waals surface area contributed by atoms with Crippen LogP contribution in [0.4, 0.5) is 0 Å². The topological polar surface area (TPSA) is 48.7 Å². The average Bonchev–Trinajstić information content (AvgIpc) is 2.99. The van der Waals surface area contributed by atoms with E-state index in [4.69, 9.17) is 13.9 Å². The van der Waals surface area contributed by atoms with Gasteiger partial charge >= 0.3 is 5.97 Å².